The summed E-state index contributed by atoms with van der Waals surface area (Å²) in [7, 11) is 1.23. The van der Waals surface area contributed by atoms with E-state index in [1.807, 2.05) is 6.92 Å². The minimum Gasteiger partial charge on any atom is -0.462 e. The molecule has 23 heavy (non-hydrogen) atoms. The molecule has 0 aliphatic carbocycles. The largest absolute Gasteiger partial charge is 0.462 e. The Morgan fingerprint density at radius 1 is 1.39 bits per heavy atom. The fraction of sp³-hybridized carbons (Fsp3) is 0.333. The van der Waals surface area contributed by atoms with Gasteiger partial charge in [0.25, 0.3) is 0 Å². The van der Waals surface area contributed by atoms with Gasteiger partial charge in [-0.25, -0.2) is 9.59 Å². The van der Waals surface area contributed by atoms with E-state index in [9.17, 15) is 14.4 Å². The molecule has 0 spiro atoms. The number of hydrogen-bond donors (Lipinski definition) is 0. The van der Waals surface area contributed by atoms with E-state index in [1.165, 1.54) is 30.9 Å². The summed E-state index contributed by atoms with van der Waals surface area (Å²) >= 11 is 1.30. The molecular weight excluding hydrogens is 320 g/mol. The maximum Gasteiger partial charge on any atom is 0.433 e. The van der Waals surface area contributed by atoms with Crippen LogP contribution in [0.4, 0.5) is 4.79 Å². The van der Waals surface area contributed by atoms with Gasteiger partial charge in [-0.15, -0.1) is 11.3 Å². The van der Waals surface area contributed by atoms with Crippen LogP contribution in [0.25, 0.3) is 10.2 Å². The van der Waals surface area contributed by atoms with Gasteiger partial charge in [-0.05, 0) is 19.9 Å². The zero-order valence-electron chi connectivity index (χ0n) is 13.0. The SMILES string of the molecule is CCOC(=O)c1cn(CC)c2sc(/C=N/C(=O)OC)cc2c1=O. The zero-order chi connectivity index (χ0) is 17.0. The third-order valence-corrected chi connectivity index (χ3v) is 4.18. The van der Waals surface area contributed by atoms with Gasteiger partial charge in [0.1, 0.15) is 10.4 Å². The van der Waals surface area contributed by atoms with Crippen LogP contribution in [0.5, 0.6) is 0 Å². The fourth-order valence-electron chi connectivity index (χ4n) is 2.02. The monoisotopic (exact) mass is 336 g/mol. The van der Waals surface area contributed by atoms with E-state index >= 15 is 0 Å². The maximum atomic E-state index is 12.5. The highest BCUT2D eigenvalue weighted by Crippen LogP contribution is 2.23. The summed E-state index contributed by atoms with van der Waals surface area (Å²) < 4.78 is 11.1. The van der Waals surface area contributed by atoms with Gasteiger partial charge in [0.15, 0.2) is 0 Å². The van der Waals surface area contributed by atoms with Crippen molar-refractivity contribution in [2.45, 2.75) is 20.4 Å². The molecule has 0 N–H and O–H groups in total. The molecule has 0 atom stereocenters. The molecule has 2 rings (SSSR count). The van der Waals surface area contributed by atoms with Gasteiger partial charge < -0.3 is 14.0 Å². The summed E-state index contributed by atoms with van der Waals surface area (Å²) in [5.41, 5.74) is -0.396. The van der Waals surface area contributed by atoms with Crippen LogP contribution in [-0.2, 0) is 16.0 Å². The minimum atomic E-state index is -0.722. The molecule has 1 amide bonds. The molecule has 2 aromatic heterocycles. The van der Waals surface area contributed by atoms with Crippen molar-refractivity contribution in [2.24, 2.45) is 4.99 Å². The number of pyridine rings is 1. The third-order valence-electron chi connectivity index (χ3n) is 3.07. The van der Waals surface area contributed by atoms with Crippen LogP contribution in [0.1, 0.15) is 29.1 Å². The lowest BCUT2D eigenvalue weighted by Gasteiger charge is -2.07. The first kappa shape index (κ1) is 16.9. The first-order valence-corrected chi connectivity index (χ1v) is 7.79. The highest BCUT2D eigenvalue weighted by atomic mass is 32.1. The van der Waals surface area contributed by atoms with Crippen molar-refractivity contribution < 1.29 is 19.1 Å². The smallest absolute Gasteiger partial charge is 0.433 e. The number of esters is 1. The number of rotatable bonds is 4. The highest BCUT2D eigenvalue weighted by molar-refractivity contribution is 7.20. The molecule has 7 nitrogen and oxygen atoms in total. The molecule has 0 aliphatic rings. The second kappa shape index (κ2) is 7.19. The number of methoxy groups -OCH3 is 1. The predicted molar refractivity (Wildman–Crippen MR) is 87.7 cm³/mol. The molecule has 0 fully saturated rings. The standard InChI is InChI=1S/C15H16N2O5S/c1-4-17-8-11(14(19)22-5-2)12(18)10-6-9(23-13(10)17)7-16-15(20)21-3/h6-8H,4-5H2,1-3H3/b16-7+. The molecule has 0 radical (unpaired) electrons. The van der Waals surface area contributed by atoms with Crippen molar-refractivity contribution in [3.63, 3.8) is 0 Å². The number of aryl methyl sites for hydroxylation is 1. The number of amides is 1. The van der Waals surface area contributed by atoms with E-state index in [1.54, 1.807) is 17.6 Å². The molecular formula is C15H16N2O5S. The Hall–Kier alpha value is -2.48. The number of thiophene rings is 1. The fourth-order valence-corrected chi connectivity index (χ4v) is 3.08. The Balaban J connectivity index is 2.58. The zero-order valence-corrected chi connectivity index (χ0v) is 13.8. The second-order valence-corrected chi connectivity index (χ2v) is 5.54. The van der Waals surface area contributed by atoms with E-state index < -0.39 is 17.5 Å². The van der Waals surface area contributed by atoms with Crippen LogP contribution in [-0.4, -0.2) is 36.6 Å². The predicted octanol–water partition coefficient (Wildman–Crippen LogP) is 2.44. The Morgan fingerprint density at radius 2 is 2.13 bits per heavy atom. The molecule has 2 heterocycles. The lowest BCUT2D eigenvalue weighted by molar-refractivity contribution is 0.0524. The van der Waals surface area contributed by atoms with E-state index in [2.05, 4.69) is 9.73 Å². The van der Waals surface area contributed by atoms with Gasteiger partial charge in [-0.1, -0.05) is 0 Å². The number of fused-ring (bicyclic) bond motifs is 1. The molecule has 2 aromatic rings. The Morgan fingerprint density at radius 3 is 2.74 bits per heavy atom. The van der Waals surface area contributed by atoms with E-state index in [0.29, 0.717) is 21.6 Å². The van der Waals surface area contributed by atoms with Crippen LogP contribution in [0.2, 0.25) is 0 Å². The van der Waals surface area contributed by atoms with E-state index in [0.717, 1.165) is 0 Å². The highest BCUT2D eigenvalue weighted by Gasteiger charge is 2.18. The lowest BCUT2D eigenvalue weighted by atomic mass is 10.2. The summed E-state index contributed by atoms with van der Waals surface area (Å²) in [6, 6.07) is 1.60. The third kappa shape index (κ3) is 3.48. The Kier molecular flexibility index (Phi) is 5.28. The molecule has 0 saturated heterocycles. The van der Waals surface area contributed by atoms with Crippen molar-refractivity contribution in [1.82, 2.24) is 4.57 Å². The topological polar surface area (TPSA) is 87.0 Å². The van der Waals surface area contributed by atoms with Gasteiger partial charge in [-0.2, -0.15) is 4.99 Å². The summed E-state index contributed by atoms with van der Waals surface area (Å²) in [5, 5.41) is 0.397. The molecule has 8 heteroatoms. The summed E-state index contributed by atoms with van der Waals surface area (Å²) in [5.74, 6) is -0.641. The number of carbonyl (C=O) groups excluding carboxylic acids is 2. The average Bonchev–Trinajstić information content (AvgIpc) is 2.98. The van der Waals surface area contributed by atoms with Crippen LogP contribution in [0.3, 0.4) is 0 Å². The molecule has 0 saturated carbocycles. The molecule has 0 aliphatic heterocycles. The maximum absolute atomic E-state index is 12.5. The van der Waals surface area contributed by atoms with Crippen LogP contribution in [0.15, 0.2) is 22.1 Å². The normalized spacial score (nSPS) is 11.1. The first-order valence-electron chi connectivity index (χ1n) is 6.97. The summed E-state index contributed by atoms with van der Waals surface area (Å²) in [6.45, 7) is 4.36. The molecule has 0 bridgehead atoms. The Labute approximate surface area is 136 Å². The van der Waals surface area contributed by atoms with Crippen molar-refractivity contribution >= 4 is 39.8 Å². The number of carbonyl (C=O) groups is 2. The number of nitrogens with zero attached hydrogens (tertiary/aromatic N) is 2. The van der Waals surface area contributed by atoms with Gasteiger partial charge in [0, 0.05) is 17.6 Å². The van der Waals surface area contributed by atoms with Crippen molar-refractivity contribution in [2.75, 3.05) is 13.7 Å². The molecule has 0 aromatic carbocycles. The summed E-state index contributed by atoms with van der Waals surface area (Å²) in [6.07, 6.45) is 2.11. The van der Waals surface area contributed by atoms with E-state index in [4.69, 9.17) is 4.74 Å². The molecule has 0 unspecified atom stereocenters. The number of aromatic nitrogens is 1. The van der Waals surface area contributed by atoms with Crippen LogP contribution >= 0.6 is 11.3 Å². The van der Waals surface area contributed by atoms with Crippen molar-refractivity contribution in [3.8, 4) is 0 Å². The lowest BCUT2D eigenvalue weighted by Crippen LogP contribution is -2.19. The second-order valence-electron chi connectivity index (χ2n) is 4.47. The van der Waals surface area contributed by atoms with Gasteiger partial charge in [-0.3, -0.25) is 4.79 Å². The van der Waals surface area contributed by atoms with E-state index in [-0.39, 0.29) is 12.2 Å². The van der Waals surface area contributed by atoms with Crippen molar-refractivity contribution in [3.05, 3.63) is 32.9 Å². The number of ether oxygens (including phenoxy) is 2. The average molecular weight is 336 g/mol. The van der Waals surface area contributed by atoms with Gasteiger partial charge >= 0.3 is 12.1 Å². The number of hydrogen-bond acceptors (Lipinski definition) is 6. The minimum absolute atomic E-state index is 0.00421. The number of aliphatic imine (C=N–C) groups is 1. The van der Waals surface area contributed by atoms with Crippen LogP contribution < -0.4 is 5.43 Å². The van der Waals surface area contributed by atoms with Gasteiger partial charge in [0.05, 0.1) is 25.3 Å². The van der Waals surface area contributed by atoms with Gasteiger partial charge in [0.2, 0.25) is 5.43 Å². The first-order chi connectivity index (χ1) is 11.0. The van der Waals surface area contributed by atoms with Crippen LogP contribution in [0, 0.1) is 0 Å². The Bertz CT molecular complexity index is 834. The molecule has 122 valence electrons. The summed E-state index contributed by atoms with van der Waals surface area (Å²) in [4.78, 5) is 40.4. The quantitative estimate of drug-likeness (QED) is 0.632. The van der Waals surface area contributed by atoms with Crippen molar-refractivity contribution in [1.29, 1.82) is 0 Å².